The summed E-state index contributed by atoms with van der Waals surface area (Å²) < 4.78 is 1.43. The lowest BCUT2D eigenvalue weighted by molar-refractivity contribution is 0.251. The number of carbonyl (C=O) groups is 1. The normalized spacial score (nSPS) is 9.59. The van der Waals surface area contributed by atoms with E-state index in [9.17, 15) is 9.59 Å². The van der Waals surface area contributed by atoms with Gasteiger partial charge in [-0.3, -0.25) is 9.36 Å². The van der Waals surface area contributed by atoms with Crippen LogP contribution >= 0.6 is 0 Å². The molecule has 0 atom stereocenters. The summed E-state index contributed by atoms with van der Waals surface area (Å²) in [7, 11) is 0. The van der Waals surface area contributed by atoms with Gasteiger partial charge >= 0.3 is 6.03 Å². The maximum atomic E-state index is 10.9. The molecule has 7 nitrogen and oxygen atoms in total. The highest BCUT2D eigenvalue weighted by molar-refractivity contribution is 5.90. The molecule has 2 heterocycles. The molecule has 0 radical (unpaired) electrons. The Kier molecular flexibility index (Phi) is 4.24. The van der Waals surface area contributed by atoms with E-state index in [1.807, 2.05) is 30.3 Å². The molecule has 0 fully saturated rings. The second-order valence-corrected chi connectivity index (χ2v) is 4.36. The Bertz CT molecular complexity index is 917. The Balaban J connectivity index is 0.000000164. The van der Waals surface area contributed by atoms with Crippen LogP contribution in [0.2, 0.25) is 0 Å². The number of para-hydroxylation sites is 1. The molecule has 3 rings (SSSR count). The number of nitrogens with one attached hydrogen (secondary N) is 1. The van der Waals surface area contributed by atoms with Crippen molar-refractivity contribution in [2.75, 3.05) is 5.73 Å². The van der Waals surface area contributed by atoms with Gasteiger partial charge in [0, 0.05) is 23.8 Å². The Morgan fingerprint density at radius 3 is 2.64 bits per heavy atom. The first-order valence-corrected chi connectivity index (χ1v) is 6.27. The Morgan fingerprint density at radius 2 is 2.00 bits per heavy atom. The second-order valence-electron chi connectivity index (χ2n) is 4.36. The summed E-state index contributed by atoms with van der Waals surface area (Å²) in [6, 6.07) is 11.9. The molecule has 1 aromatic carbocycles. The molecule has 3 aromatic rings. The number of H-pyrrole nitrogens is 1. The first kappa shape index (κ1) is 14.9. The third-order valence-corrected chi connectivity index (χ3v) is 2.89. The van der Waals surface area contributed by atoms with Crippen molar-refractivity contribution in [2.45, 2.75) is 0 Å². The van der Waals surface area contributed by atoms with Crippen LogP contribution in [-0.2, 0) is 0 Å². The van der Waals surface area contributed by atoms with Crippen LogP contribution in [0.15, 0.2) is 53.6 Å². The van der Waals surface area contributed by atoms with Crippen molar-refractivity contribution < 1.29 is 4.79 Å². The van der Waals surface area contributed by atoms with Gasteiger partial charge in [0.05, 0.1) is 5.52 Å². The van der Waals surface area contributed by atoms with E-state index < -0.39 is 6.03 Å². The maximum absolute atomic E-state index is 10.9. The molecule has 5 N–H and O–H groups in total. The highest BCUT2D eigenvalue weighted by Gasteiger charge is 2.02. The average molecular weight is 295 g/mol. The van der Waals surface area contributed by atoms with E-state index in [4.69, 9.17) is 16.7 Å². The third-order valence-electron chi connectivity index (χ3n) is 2.89. The van der Waals surface area contributed by atoms with Gasteiger partial charge in [-0.25, -0.2) is 4.79 Å². The van der Waals surface area contributed by atoms with Crippen molar-refractivity contribution in [3.8, 4) is 6.07 Å². The first-order chi connectivity index (χ1) is 10.5. The number of primary amides is 1. The highest BCUT2D eigenvalue weighted by Crippen LogP contribution is 2.13. The molecule has 2 aromatic heterocycles. The number of anilines is 1. The number of aromatic nitrogens is 2. The van der Waals surface area contributed by atoms with Crippen molar-refractivity contribution >= 4 is 22.8 Å². The Morgan fingerprint density at radius 1 is 1.27 bits per heavy atom. The minimum atomic E-state index is -0.448. The zero-order valence-corrected chi connectivity index (χ0v) is 11.5. The number of benzene rings is 1. The van der Waals surface area contributed by atoms with E-state index in [1.54, 1.807) is 12.3 Å². The lowest BCUT2D eigenvalue weighted by Gasteiger charge is -1.96. The number of hydrogen-bond donors (Lipinski definition) is 3. The number of aromatic amines is 1. The van der Waals surface area contributed by atoms with Gasteiger partial charge < -0.3 is 16.5 Å². The average Bonchev–Trinajstić information content (AvgIpc) is 2.92. The van der Waals surface area contributed by atoms with Crippen molar-refractivity contribution in [3.63, 3.8) is 0 Å². The summed E-state index contributed by atoms with van der Waals surface area (Å²) >= 11 is 0. The first-order valence-electron chi connectivity index (χ1n) is 6.27. The molecule has 0 unspecified atom stereocenters. The lowest BCUT2D eigenvalue weighted by atomic mass is 10.2. The number of hydrogen-bond acceptors (Lipinski definition) is 4. The van der Waals surface area contributed by atoms with Crippen LogP contribution in [-0.4, -0.2) is 15.6 Å². The summed E-state index contributed by atoms with van der Waals surface area (Å²) in [5.74, 6) is 0.268. The number of nitrogens with two attached hydrogens (primary N) is 2. The monoisotopic (exact) mass is 295 g/mol. The molecule has 0 spiro atoms. The van der Waals surface area contributed by atoms with Crippen molar-refractivity contribution in [1.82, 2.24) is 9.55 Å². The number of fused-ring (bicyclic) bond motifs is 1. The van der Waals surface area contributed by atoms with Gasteiger partial charge in [0.1, 0.15) is 17.5 Å². The summed E-state index contributed by atoms with van der Waals surface area (Å²) in [5.41, 5.74) is 10.9. The summed E-state index contributed by atoms with van der Waals surface area (Å²) in [5, 5.41) is 9.32. The minimum Gasteiger partial charge on any atom is -0.385 e. The van der Waals surface area contributed by atoms with Gasteiger partial charge in [-0.05, 0) is 12.1 Å². The van der Waals surface area contributed by atoms with Crippen LogP contribution in [0.1, 0.15) is 5.56 Å². The van der Waals surface area contributed by atoms with Crippen LogP contribution in [0.25, 0.3) is 10.9 Å². The molecule has 0 aliphatic rings. The van der Waals surface area contributed by atoms with Crippen molar-refractivity contribution in [3.05, 3.63) is 64.6 Å². The number of nitrogens with zero attached hydrogens (tertiary/aromatic N) is 2. The van der Waals surface area contributed by atoms with E-state index in [-0.39, 0.29) is 16.8 Å². The zero-order chi connectivity index (χ0) is 16.1. The molecule has 7 heteroatoms. The number of nitrogen functional groups attached to an aromatic ring is 1. The third kappa shape index (κ3) is 3.13. The van der Waals surface area contributed by atoms with Crippen LogP contribution in [0.4, 0.5) is 10.6 Å². The maximum Gasteiger partial charge on any atom is 0.323 e. The molecule has 22 heavy (non-hydrogen) atoms. The SMILES string of the molecule is N#Cc1c[nH]c(N)cc1=O.NC(=O)n1ccc2ccccc21. The van der Waals surface area contributed by atoms with Gasteiger partial charge in [0.2, 0.25) is 5.43 Å². The summed E-state index contributed by atoms with van der Waals surface area (Å²) in [6.07, 6.45) is 2.96. The molecular formula is C15H13N5O2. The fourth-order valence-corrected chi connectivity index (χ4v) is 1.85. The summed E-state index contributed by atoms with van der Waals surface area (Å²) in [6.45, 7) is 0. The van der Waals surface area contributed by atoms with Gasteiger partial charge in [0.25, 0.3) is 0 Å². The molecular weight excluding hydrogens is 282 g/mol. The Hall–Kier alpha value is -3.53. The summed E-state index contributed by atoms with van der Waals surface area (Å²) in [4.78, 5) is 24.2. The van der Waals surface area contributed by atoms with E-state index >= 15 is 0 Å². The highest BCUT2D eigenvalue weighted by atomic mass is 16.2. The predicted molar refractivity (Wildman–Crippen MR) is 83.1 cm³/mol. The van der Waals surface area contributed by atoms with Gasteiger partial charge in [0.15, 0.2) is 0 Å². The fraction of sp³-hybridized carbons (Fsp3) is 0. The number of amides is 1. The van der Waals surface area contributed by atoms with Crippen LogP contribution in [0.3, 0.4) is 0 Å². The van der Waals surface area contributed by atoms with Gasteiger partial charge in [-0.2, -0.15) is 5.26 Å². The standard InChI is InChI=1S/C9H8N2O.C6H5N3O/c10-9(12)11-6-5-7-3-1-2-4-8(7)11;7-2-4-3-9-6(8)1-5(4)10/h1-6H,(H2,10,12);1,3H,(H3,8,9,10). The molecule has 0 saturated carbocycles. The number of nitriles is 1. The number of pyridine rings is 1. The molecule has 1 amide bonds. The largest absolute Gasteiger partial charge is 0.385 e. The van der Waals surface area contributed by atoms with Crippen LogP contribution in [0.5, 0.6) is 0 Å². The minimum absolute atomic E-state index is 0.0780. The molecule has 0 saturated heterocycles. The van der Waals surface area contributed by atoms with Crippen LogP contribution in [0, 0.1) is 11.3 Å². The van der Waals surface area contributed by atoms with Crippen molar-refractivity contribution in [2.24, 2.45) is 5.73 Å². The van der Waals surface area contributed by atoms with Gasteiger partial charge in [-0.15, -0.1) is 0 Å². The van der Waals surface area contributed by atoms with Crippen molar-refractivity contribution in [1.29, 1.82) is 5.26 Å². The number of carbonyl (C=O) groups excluding carboxylic acids is 1. The lowest BCUT2D eigenvalue weighted by Crippen LogP contribution is -2.17. The Labute approximate surface area is 125 Å². The molecule has 0 bridgehead atoms. The smallest absolute Gasteiger partial charge is 0.323 e. The number of rotatable bonds is 0. The van der Waals surface area contributed by atoms with E-state index in [1.165, 1.54) is 16.8 Å². The zero-order valence-electron chi connectivity index (χ0n) is 11.5. The van der Waals surface area contributed by atoms with E-state index in [0.29, 0.717) is 0 Å². The van der Waals surface area contributed by atoms with E-state index in [2.05, 4.69) is 4.98 Å². The molecule has 0 aliphatic heterocycles. The molecule has 0 aliphatic carbocycles. The quantitative estimate of drug-likeness (QED) is 0.578. The predicted octanol–water partition coefficient (Wildman–Crippen LogP) is 1.40. The van der Waals surface area contributed by atoms with E-state index in [0.717, 1.165) is 10.9 Å². The second kappa shape index (κ2) is 6.28. The van der Waals surface area contributed by atoms with Gasteiger partial charge in [-0.1, -0.05) is 18.2 Å². The fourth-order valence-electron chi connectivity index (χ4n) is 1.85. The van der Waals surface area contributed by atoms with Crippen LogP contribution < -0.4 is 16.9 Å². The molecule has 110 valence electrons. The topological polar surface area (TPSA) is 131 Å².